The Morgan fingerprint density at radius 3 is 1.62 bits per heavy atom. The molecule has 5 nitrogen and oxygen atoms in total. The van der Waals surface area contributed by atoms with Gasteiger partial charge >= 0.3 is 0 Å². The summed E-state index contributed by atoms with van der Waals surface area (Å²) < 4.78 is 0. The first kappa shape index (κ1) is 15.8. The third-order valence-corrected chi connectivity index (χ3v) is 0. The predicted molar refractivity (Wildman–Crippen MR) is 23.1 cm³/mol. The summed E-state index contributed by atoms with van der Waals surface area (Å²) in [6.07, 6.45) is 0. The van der Waals surface area contributed by atoms with E-state index in [0.717, 1.165) is 0 Å². The fourth-order valence-corrected chi connectivity index (χ4v) is 0. The average Bonchev–Trinajstić information content (AvgIpc) is 1.33. The van der Waals surface area contributed by atoms with E-state index >= 15 is 0 Å². The topological polar surface area (TPSA) is 86.4 Å². The molecule has 0 saturated carbocycles. The zero-order valence-corrected chi connectivity index (χ0v) is 6.06. The molecule has 0 amide bonds. The molecule has 0 aromatic rings. The second-order valence-corrected chi connectivity index (χ2v) is 0.540. The van der Waals surface area contributed by atoms with Crippen molar-refractivity contribution in [1.82, 2.24) is 0 Å². The van der Waals surface area contributed by atoms with Crippen LogP contribution in [0.2, 0.25) is 0 Å². The molecule has 0 aromatic heterocycles. The number of aliphatic hydroxyl groups is 1. The third kappa shape index (κ3) is 1070. The van der Waals surface area contributed by atoms with Gasteiger partial charge in [0, 0.05) is 44.3 Å². The van der Waals surface area contributed by atoms with E-state index in [2.05, 4.69) is 0 Å². The van der Waals surface area contributed by atoms with Gasteiger partial charge < -0.3 is 20.4 Å². The Morgan fingerprint density at radius 2 is 1.62 bits per heavy atom. The van der Waals surface area contributed by atoms with E-state index < -0.39 is 5.09 Å². The molecule has 0 aliphatic carbocycles. The molecule has 0 atom stereocenters. The Labute approximate surface area is 76.4 Å². The standard InChI is InChI=1S/C2H6O.Ho.NO3/c1-2-3;;2-1(3)4/h3H,2H2,1H3;;/q;;-1. The van der Waals surface area contributed by atoms with E-state index in [0.29, 0.717) is 0 Å². The van der Waals surface area contributed by atoms with Crippen LogP contribution in [0, 0.1) is 53.1 Å². The van der Waals surface area contributed by atoms with Crippen molar-refractivity contribution in [2.45, 2.75) is 6.92 Å². The molecule has 0 rings (SSSR count). The second kappa shape index (κ2) is 15.7. The third-order valence-electron chi connectivity index (χ3n) is 0. The molecule has 0 aliphatic rings. The molecule has 1 radical (unpaired) electrons. The van der Waals surface area contributed by atoms with Gasteiger partial charge in [-0.25, -0.2) is 0 Å². The van der Waals surface area contributed by atoms with Gasteiger partial charge in [0.1, 0.15) is 0 Å². The van der Waals surface area contributed by atoms with Crippen molar-refractivity contribution in [3.05, 3.63) is 15.3 Å². The molecule has 0 bridgehead atoms. The molecular formula is C2H6HoNO4-. The first-order valence-corrected chi connectivity index (χ1v) is 1.57. The van der Waals surface area contributed by atoms with Gasteiger partial charge in [-0.3, -0.25) is 0 Å². The largest absolute Gasteiger partial charge is 0.397 e. The summed E-state index contributed by atoms with van der Waals surface area (Å²) in [5.74, 6) is 0. The molecule has 8 heavy (non-hydrogen) atoms. The first-order chi connectivity index (χ1) is 3.15. The van der Waals surface area contributed by atoms with Gasteiger partial charge in [0.2, 0.25) is 0 Å². The number of nitrogens with zero attached hydrogens (tertiary/aromatic N) is 1. The van der Waals surface area contributed by atoms with E-state index in [1.807, 2.05) is 0 Å². The molecule has 0 saturated heterocycles. The number of rotatable bonds is 0. The van der Waals surface area contributed by atoms with Crippen molar-refractivity contribution < 1.29 is 47.9 Å². The van der Waals surface area contributed by atoms with Crippen molar-refractivity contribution in [3.63, 3.8) is 0 Å². The van der Waals surface area contributed by atoms with Crippen LogP contribution >= 0.6 is 0 Å². The van der Waals surface area contributed by atoms with Crippen LogP contribution < -0.4 is 0 Å². The fraction of sp³-hybridized carbons (Fsp3) is 1.00. The van der Waals surface area contributed by atoms with Crippen molar-refractivity contribution in [3.8, 4) is 0 Å². The Balaban J connectivity index is -0.0000000575. The van der Waals surface area contributed by atoms with Gasteiger partial charge in [-0.2, -0.15) is 0 Å². The van der Waals surface area contributed by atoms with Crippen LogP contribution in [0.1, 0.15) is 6.92 Å². The summed E-state index contributed by atoms with van der Waals surface area (Å²) in [6, 6.07) is 0. The molecule has 0 unspecified atom stereocenters. The molecule has 55 valence electrons. The van der Waals surface area contributed by atoms with Crippen molar-refractivity contribution >= 4 is 0 Å². The minimum atomic E-state index is -1.75. The van der Waals surface area contributed by atoms with Crippen LogP contribution in [0.15, 0.2) is 0 Å². The molecule has 0 aliphatic heterocycles. The van der Waals surface area contributed by atoms with Crippen LogP contribution in [0.4, 0.5) is 0 Å². The Hall–Kier alpha value is 0.420. The van der Waals surface area contributed by atoms with Gasteiger partial charge in [0.25, 0.3) is 0 Å². The van der Waals surface area contributed by atoms with E-state index in [9.17, 15) is 0 Å². The van der Waals surface area contributed by atoms with Crippen molar-refractivity contribution in [1.29, 1.82) is 0 Å². The normalized spacial score (nSPS) is 5.25. The van der Waals surface area contributed by atoms with Crippen LogP contribution in [0.5, 0.6) is 0 Å². The number of aliphatic hydroxyl groups excluding tert-OH is 1. The smallest absolute Gasteiger partial charge is 0.0689 e. The molecule has 0 spiro atoms. The van der Waals surface area contributed by atoms with E-state index in [4.69, 9.17) is 20.4 Å². The van der Waals surface area contributed by atoms with Crippen LogP contribution in [-0.2, 0) is 0 Å². The minimum absolute atomic E-state index is 0. The maximum Gasteiger partial charge on any atom is 0.0689 e. The van der Waals surface area contributed by atoms with Gasteiger partial charge in [-0.1, -0.05) is 0 Å². The summed E-state index contributed by atoms with van der Waals surface area (Å²) >= 11 is 0. The van der Waals surface area contributed by atoms with Crippen LogP contribution in [0.25, 0.3) is 0 Å². The van der Waals surface area contributed by atoms with Gasteiger partial charge in [0.15, 0.2) is 0 Å². The minimum Gasteiger partial charge on any atom is -0.397 e. The molecule has 6 heteroatoms. The van der Waals surface area contributed by atoms with Gasteiger partial charge in [-0.05, 0) is 6.92 Å². The monoisotopic (exact) mass is 273 g/mol. The van der Waals surface area contributed by atoms with Gasteiger partial charge in [0.05, 0.1) is 5.09 Å². The summed E-state index contributed by atoms with van der Waals surface area (Å²) in [5.41, 5.74) is 0. The summed E-state index contributed by atoms with van der Waals surface area (Å²) in [5, 5.41) is 22.3. The molecule has 0 fully saturated rings. The zero-order chi connectivity index (χ0) is 6.28. The van der Waals surface area contributed by atoms with Crippen LogP contribution in [-0.4, -0.2) is 16.8 Å². The summed E-state index contributed by atoms with van der Waals surface area (Å²) in [6.45, 7) is 1.93. The first-order valence-electron chi connectivity index (χ1n) is 1.57. The van der Waals surface area contributed by atoms with E-state index in [-0.39, 0.29) is 44.3 Å². The zero-order valence-electron chi connectivity index (χ0n) is 4.13. The second-order valence-electron chi connectivity index (χ2n) is 0.540. The predicted octanol–water partition coefficient (Wildman–Crippen LogP) is -0.241. The van der Waals surface area contributed by atoms with Crippen LogP contribution in [0.3, 0.4) is 0 Å². The molecule has 0 aromatic carbocycles. The quantitative estimate of drug-likeness (QED) is 0.375. The number of hydrogen-bond acceptors (Lipinski definition) is 4. The van der Waals surface area contributed by atoms with Crippen molar-refractivity contribution in [2.75, 3.05) is 6.61 Å². The maximum atomic E-state index is 8.25. The summed E-state index contributed by atoms with van der Waals surface area (Å²) in [4.78, 5) is 8.25. The molecule has 0 heterocycles. The van der Waals surface area contributed by atoms with E-state index in [1.165, 1.54) is 0 Å². The molecule has 1 N–H and O–H groups in total. The Morgan fingerprint density at radius 1 is 1.62 bits per heavy atom. The molecular weight excluding hydrogens is 267 g/mol. The average molecular weight is 273 g/mol. The van der Waals surface area contributed by atoms with E-state index in [1.54, 1.807) is 6.92 Å². The van der Waals surface area contributed by atoms with Gasteiger partial charge in [-0.15, -0.1) is 0 Å². The summed E-state index contributed by atoms with van der Waals surface area (Å²) in [7, 11) is 0. The fourth-order valence-electron chi connectivity index (χ4n) is 0. The Kier molecular flexibility index (Phi) is 30.9. The maximum absolute atomic E-state index is 8.25. The SMILES string of the molecule is CCO.O=[N+]([O-])[O-].[Ho]. The van der Waals surface area contributed by atoms with Crippen molar-refractivity contribution in [2.24, 2.45) is 0 Å². The number of hydrogen-bond donors (Lipinski definition) is 1. The Bertz CT molecular complexity index is 45.3.